The normalized spacial score (nSPS) is 19.6. The van der Waals surface area contributed by atoms with Crippen LogP contribution < -0.4 is 0 Å². The van der Waals surface area contributed by atoms with Gasteiger partial charge in [-0.25, -0.2) is 0 Å². The van der Waals surface area contributed by atoms with Crippen LogP contribution in [-0.2, 0) is 19.1 Å². The van der Waals surface area contributed by atoms with Gasteiger partial charge >= 0.3 is 5.97 Å². The Morgan fingerprint density at radius 1 is 1.09 bits per heavy atom. The Balaban J connectivity index is 0.000000816. The van der Waals surface area contributed by atoms with Crippen molar-refractivity contribution in [2.24, 2.45) is 0 Å². The van der Waals surface area contributed by atoms with Crippen molar-refractivity contribution in [3.63, 3.8) is 0 Å². The Morgan fingerprint density at radius 2 is 1.65 bits per heavy atom. The lowest BCUT2D eigenvalue weighted by molar-refractivity contribution is -0.137. The molecule has 0 saturated carbocycles. The van der Waals surface area contributed by atoms with E-state index < -0.39 is 5.97 Å². The van der Waals surface area contributed by atoms with Gasteiger partial charge in [-0.1, -0.05) is 0 Å². The van der Waals surface area contributed by atoms with E-state index in [9.17, 15) is 9.59 Å². The summed E-state index contributed by atoms with van der Waals surface area (Å²) in [6, 6.07) is 0.605. The first-order chi connectivity index (χ1) is 11.1. The number of nitrogens with zero attached hydrogens (tertiary/aromatic N) is 2. The van der Waals surface area contributed by atoms with E-state index in [-0.39, 0.29) is 18.8 Å². The van der Waals surface area contributed by atoms with Gasteiger partial charge in [0, 0.05) is 58.3 Å². The molecule has 2 aliphatic rings. The largest absolute Gasteiger partial charge is 0.483 e. The second-order valence-corrected chi connectivity index (χ2v) is 5.61. The van der Waals surface area contributed by atoms with Crippen LogP contribution in [-0.4, -0.2) is 83.8 Å². The average Bonchev–Trinajstić information content (AvgIpc) is 2.56. The lowest BCUT2D eigenvalue weighted by Crippen LogP contribution is -2.53. The number of rotatable bonds is 5. The molecule has 132 valence electrons. The number of piperazine rings is 1. The van der Waals surface area contributed by atoms with Crippen molar-refractivity contribution < 1.29 is 29.3 Å². The van der Waals surface area contributed by atoms with E-state index in [0.29, 0.717) is 18.9 Å². The van der Waals surface area contributed by atoms with Crippen LogP contribution in [0.2, 0.25) is 0 Å². The molecule has 0 bridgehead atoms. The maximum absolute atomic E-state index is 12.0. The number of aliphatic carboxylic acids is 1. The third-order valence-electron chi connectivity index (χ3n) is 4.16. The number of hydrogen-bond donors (Lipinski definition) is 2. The Morgan fingerprint density at radius 3 is 2.17 bits per heavy atom. The number of carboxylic acids is 1. The van der Waals surface area contributed by atoms with Gasteiger partial charge in [-0.05, 0) is 19.3 Å². The molecule has 0 aliphatic carbocycles. The molecule has 8 nitrogen and oxygen atoms in total. The minimum atomic E-state index is -0.831. The second-order valence-electron chi connectivity index (χ2n) is 5.61. The fraction of sp³-hybridized carbons (Fsp3) is 0.800. The van der Waals surface area contributed by atoms with E-state index in [1.165, 1.54) is 0 Å². The summed E-state index contributed by atoms with van der Waals surface area (Å²) in [6.07, 6.45) is 3.05. The Hall–Kier alpha value is -1.67. The average molecular weight is 330 g/mol. The van der Waals surface area contributed by atoms with Crippen LogP contribution in [0.4, 0.5) is 0 Å². The molecule has 1 amide bonds. The maximum atomic E-state index is 12.0. The summed E-state index contributed by atoms with van der Waals surface area (Å²) in [6.45, 7) is 4.83. The number of hydrogen-bond acceptors (Lipinski definition) is 5. The van der Waals surface area contributed by atoms with Crippen LogP contribution in [0.25, 0.3) is 0 Å². The van der Waals surface area contributed by atoms with Crippen LogP contribution in [0.1, 0.15) is 32.1 Å². The van der Waals surface area contributed by atoms with E-state index >= 15 is 0 Å². The second kappa shape index (κ2) is 11.0. The molecule has 2 aliphatic heterocycles. The summed E-state index contributed by atoms with van der Waals surface area (Å²) in [7, 11) is 0. The SMILES string of the molecule is O=C(O)CCCC(=O)N1CCN(C2CCOCC2)CC1.O=CO. The molecule has 0 unspecified atom stereocenters. The fourth-order valence-electron chi connectivity index (χ4n) is 2.94. The zero-order valence-corrected chi connectivity index (χ0v) is 13.4. The van der Waals surface area contributed by atoms with E-state index in [4.69, 9.17) is 19.7 Å². The van der Waals surface area contributed by atoms with Crippen molar-refractivity contribution in [2.75, 3.05) is 39.4 Å². The predicted octanol–water partition coefficient (Wildman–Crippen LogP) is 0.265. The molecule has 2 saturated heterocycles. The topological polar surface area (TPSA) is 107 Å². The molecule has 2 fully saturated rings. The zero-order valence-electron chi connectivity index (χ0n) is 13.4. The summed E-state index contributed by atoms with van der Waals surface area (Å²) in [5.74, 6) is -0.736. The quantitative estimate of drug-likeness (QED) is 0.696. The van der Waals surface area contributed by atoms with Crippen LogP contribution >= 0.6 is 0 Å². The van der Waals surface area contributed by atoms with E-state index in [1.54, 1.807) is 0 Å². The maximum Gasteiger partial charge on any atom is 0.303 e. The smallest absolute Gasteiger partial charge is 0.303 e. The highest BCUT2D eigenvalue weighted by atomic mass is 16.5. The molecule has 0 aromatic carbocycles. The van der Waals surface area contributed by atoms with Gasteiger partial charge in [0.2, 0.25) is 5.91 Å². The van der Waals surface area contributed by atoms with E-state index in [1.807, 2.05) is 4.90 Å². The van der Waals surface area contributed by atoms with Crippen molar-refractivity contribution in [1.82, 2.24) is 9.80 Å². The first-order valence-corrected chi connectivity index (χ1v) is 7.97. The lowest BCUT2D eigenvalue weighted by atomic mass is 10.1. The number of amides is 1. The molecule has 2 heterocycles. The van der Waals surface area contributed by atoms with Crippen LogP contribution in [0, 0.1) is 0 Å². The molecule has 0 atom stereocenters. The molecule has 0 aromatic heterocycles. The molecule has 2 N–H and O–H groups in total. The zero-order chi connectivity index (χ0) is 17.1. The summed E-state index contributed by atoms with van der Waals surface area (Å²) < 4.78 is 5.37. The van der Waals surface area contributed by atoms with Gasteiger partial charge < -0.3 is 19.8 Å². The Bertz CT molecular complexity index is 376. The third kappa shape index (κ3) is 7.43. The van der Waals surface area contributed by atoms with Crippen molar-refractivity contribution in [2.45, 2.75) is 38.1 Å². The number of carbonyl (C=O) groups excluding carboxylic acids is 1. The van der Waals surface area contributed by atoms with Crippen molar-refractivity contribution >= 4 is 18.3 Å². The molecule has 0 radical (unpaired) electrons. The summed E-state index contributed by atoms with van der Waals surface area (Å²) in [5, 5.41) is 15.5. The number of carbonyl (C=O) groups is 3. The molecule has 8 heteroatoms. The molecular formula is C15H26N2O6. The number of carboxylic acid groups (broad SMARTS) is 2. The van der Waals surface area contributed by atoms with E-state index in [0.717, 1.165) is 52.2 Å². The summed E-state index contributed by atoms with van der Waals surface area (Å²) >= 11 is 0. The van der Waals surface area contributed by atoms with Crippen molar-refractivity contribution in [3.8, 4) is 0 Å². The van der Waals surface area contributed by atoms with Gasteiger partial charge in [0.15, 0.2) is 0 Å². The van der Waals surface area contributed by atoms with Gasteiger partial charge in [-0.2, -0.15) is 0 Å². The Labute approximate surface area is 136 Å². The molecule has 0 aromatic rings. The van der Waals surface area contributed by atoms with Gasteiger partial charge in [0.05, 0.1) is 0 Å². The van der Waals surface area contributed by atoms with Crippen LogP contribution in [0.5, 0.6) is 0 Å². The van der Waals surface area contributed by atoms with Crippen molar-refractivity contribution in [3.05, 3.63) is 0 Å². The highest BCUT2D eigenvalue weighted by Gasteiger charge is 2.26. The fourth-order valence-corrected chi connectivity index (χ4v) is 2.94. The van der Waals surface area contributed by atoms with Gasteiger partial charge in [-0.15, -0.1) is 0 Å². The highest BCUT2D eigenvalue weighted by Crippen LogP contribution is 2.17. The molecular weight excluding hydrogens is 304 g/mol. The minimum Gasteiger partial charge on any atom is -0.483 e. The lowest BCUT2D eigenvalue weighted by Gasteiger charge is -2.40. The van der Waals surface area contributed by atoms with E-state index in [2.05, 4.69) is 4.90 Å². The van der Waals surface area contributed by atoms with Gasteiger partial charge in [-0.3, -0.25) is 19.3 Å². The molecule has 0 spiro atoms. The predicted molar refractivity (Wildman–Crippen MR) is 82.2 cm³/mol. The van der Waals surface area contributed by atoms with Crippen LogP contribution in [0.15, 0.2) is 0 Å². The minimum absolute atomic E-state index is 0.0772. The highest BCUT2D eigenvalue weighted by molar-refractivity contribution is 5.77. The van der Waals surface area contributed by atoms with Crippen LogP contribution in [0.3, 0.4) is 0 Å². The van der Waals surface area contributed by atoms with Gasteiger partial charge in [0.25, 0.3) is 6.47 Å². The number of ether oxygens (including phenoxy) is 1. The monoisotopic (exact) mass is 330 g/mol. The summed E-state index contributed by atoms with van der Waals surface area (Å²) in [5.41, 5.74) is 0. The summed E-state index contributed by atoms with van der Waals surface area (Å²) in [4.78, 5) is 35.1. The van der Waals surface area contributed by atoms with Crippen molar-refractivity contribution in [1.29, 1.82) is 0 Å². The third-order valence-corrected chi connectivity index (χ3v) is 4.16. The van der Waals surface area contributed by atoms with Gasteiger partial charge in [0.1, 0.15) is 0 Å². The standard InChI is InChI=1S/C14H24N2O4.CH2O2/c17-13(2-1-3-14(18)19)16-8-6-15(7-9-16)12-4-10-20-11-5-12;2-1-3/h12H,1-11H2,(H,18,19);1H,(H,2,3). The first-order valence-electron chi connectivity index (χ1n) is 7.97. The first kappa shape index (κ1) is 19.4. The molecule has 2 rings (SSSR count). The molecule has 23 heavy (non-hydrogen) atoms. The Kier molecular flexibility index (Phi) is 9.23.